The Labute approximate surface area is 123 Å². The molecule has 0 heterocycles. The highest BCUT2D eigenvalue weighted by atomic mass is 16.4. The highest BCUT2D eigenvalue weighted by molar-refractivity contribution is 5.78. The van der Waals surface area contributed by atoms with Gasteiger partial charge < -0.3 is 10.4 Å². The summed E-state index contributed by atoms with van der Waals surface area (Å²) in [5, 5.41) is 12.6. The highest BCUT2D eigenvalue weighted by Crippen LogP contribution is 2.26. The summed E-state index contributed by atoms with van der Waals surface area (Å²) in [5.41, 5.74) is -0.823. The minimum absolute atomic E-state index is 0.295. The Morgan fingerprint density at radius 1 is 1.35 bits per heavy atom. The van der Waals surface area contributed by atoms with Crippen LogP contribution >= 0.6 is 0 Å². The van der Waals surface area contributed by atoms with Gasteiger partial charge in [0.05, 0.1) is 0 Å². The summed E-state index contributed by atoms with van der Waals surface area (Å²) < 4.78 is 0. The molecule has 1 fully saturated rings. The molecule has 0 aliphatic heterocycles. The molecule has 118 valence electrons. The number of rotatable bonds is 8. The van der Waals surface area contributed by atoms with Crippen LogP contribution in [0.5, 0.6) is 0 Å². The molecule has 2 unspecified atom stereocenters. The van der Waals surface area contributed by atoms with Gasteiger partial charge in [-0.15, -0.1) is 0 Å². The minimum Gasteiger partial charge on any atom is -0.480 e. The summed E-state index contributed by atoms with van der Waals surface area (Å²) in [6.07, 6.45) is 7.17. The number of nitrogens with one attached hydrogen (secondary N) is 1. The first-order valence-electron chi connectivity index (χ1n) is 8.18. The Bertz CT molecular complexity index is 303. The Balaban J connectivity index is 2.69. The monoisotopic (exact) mass is 284 g/mol. The molecule has 2 atom stereocenters. The normalized spacial score (nSPS) is 21.6. The molecule has 1 aliphatic rings. The van der Waals surface area contributed by atoms with E-state index < -0.39 is 11.5 Å². The zero-order valence-electron chi connectivity index (χ0n) is 13.6. The molecule has 1 rings (SSSR count). The number of aliphatic carboxylic acids is 1. The zero-order chi connectivity index (χ0) is 15.2. The van der Waals surface area contributed by atoms with Crippen LogP contribution in [0.3, 0.4) is 0 Å². The van der Waals surface area contributed by atoms with Crippen molar-refractivity contribution < 1.29 is 9.90 Å². The molecule has 4 heteroatoms. The quantitative estimate of drug-likeness (QED) is 0.719. The molecule has 0 spiro atoms. The van der Waals surface area contributed by atoms with Crippen LogP contribution in [-0.4, -0.2) is 46.7 Å². The summed E-state index contributed by atoms with van der Waals surface area (Å²) in [7, 11) is 0. The van der Waals surface area contributed by atoms with Crippen molar-refractivity contribution in [1.82, 2.24) is 10.2 Å². The topological polar surface area (TPSA) is 52.6 Å². The first-order valence-corrected chi connectivity index (χ1v) is 8.18. The van der Waals surface area contributed by atoms with Gasteiger partial charge in [0.15, 0.2) is 0 Å². The van der Waals surface area contributed by atoms with E-state index in [9.17, 15) is 9.90 Å². The van der Waals surface area contributed by atoms with E-state index in [1.807, 2.05) is 13.8 Å². The average molecular weight is 284 g/mol. The second-order valence-electron chi connectivity index (χ2n) is 6.34. The van der Waals surface area contributed by atoms with E-state index in [1.54, 1.807) is 0 Å². The van der Waals surface area contributed by atoms with Crippen molar-refractivity contribution in [2.24, 2.45) is 0 Å². The van der Waals surface area contributed by atoms with Crippen LogP contribution in [-0.2, 0) is 4.79 Å². The standard InChI is InChI=1S/C16H32N2O2/c1-5-17-16(4,15(19)20)12-13(3)18(6-2)14-10-8-7-9-11-14/h13-14,17H,5-12H2,1-4H3,(H,19,20). The molecular weight excluding hydrogens is 252 g/mol. The Hall–Kier alpha value is -0.610. The molecule has 0 amide bonds. The zero-order valence-corrected chi connectivity index (χ0v) is 13.6. The minimum atomic E-state index is -0.823. The molecule has 20 heavy (non-hydrogen) atoms. The van der Waals surface area contributed by atoms with Gasteiger partial charge in [0.1, 0.15) is 5.54 Å². The van der Waals surface area contributed by atoms with Crippen LogP contribution in [0, 0.1) is 0 Å². The number of carboxylic acids is 1. The van der Waals surface area contributed by atoms with Gasteiger partial charge in [0, 0.05) is 12.1 Å². The van der Waals surface area contributed by atoms with Crippen LogP contribution in [0.15, 0.2) is 0 Å². The first-order chi connectivity index (χ1) is 9.44. The van der Waals surface area contributed by atoms with E-state index >= 15 is 0 Å². The molecule has 0 aromatic carbocycles. The van der Waals surface area contributed by atoms with Crippen LogP contribution in [0.4, 0.5) is 0 Å². The molecule has 1 aliphatic carbocycles. The molecule has 0 radical (unpaired) electrons. The SMILES string of the molecule is CCNC(C)(CC(C)N(CC)C1CCCCC1)C(=O)O. The summed E-state index contributed by atoms with van der Waals surface area (Å²) >= 11 is 0. The third kappa shape index (κ3) is 4.45. The third-order valence-electron chi connectivity index (χ3n) is 4.72. The van der Waals surface area contributed by atoms with Crippen LogP contribution in [0.25, 0.3) is 0 Å². The molecule has 0 bridgehead atoms. The van der Waals surface area contributed by atoms with Gasteiger partial charge in [-0.25, -0.2) is 0 Å². The van der Waals surface area contributed by atoms with Crippen molar-refractivity contribution in [2.45, 2.75) is 83.8 Å². The van der Waals surface area contributed by atoms with Crippen molar-refractivity contribution in [3.05, 3.63) is 0 Å². The highest BCUT2D eigenvalue weighted by Gasteiger charge is 2.36. The first kappa shape index (κ1) is 17.4. The second kappa shape index (κ2) is 7.99. The molecule has 0 saturated heterocycles. The summed E-state index contributed by atoms with van der Waals surface area (Å²) in [4.78, 5) is 14.1. The maximum atomic E-state index is 11.6. The van der Waals surface area contributed by atoms with Gasteiger partial charge in [0.2, 0.25) is 0 Å². The van der Waals surface area contributed by atoms with E-state index in [2.05, 4.69) is 24.1 Å². The fourth-order valence-electron chi connectivity index (χ4n) is 3.68. The maximum Gasteiger partial charge on any atom is 0.323 e. The van der Waals surface area contributed by atoms with E-state index in [-0.39, 0.29) is 0 Å². The summed E-state index contributed by atoms with van der Waals surface area (Å²) in [6, 6.07) is 0.937. The number of carboxylic acid groups (broad SMARTS) is 1. The fraction of sp³-hybridized carbons (Fsp3) is 0.938. The lowest BCUT2D eigenvalue weighted by Crippen LogP contribution is -2.54. The van der Waals surface area contributed by atoms with Crippen molar-refractivity contribution in [1.29, 1.82) is 0 Å². The van der Waals surface area contributed by atoms with Gasteiger partial charge in [0.25, 0.3) is 0 Å². The lowest BCUT2D eigenvalue weighted by molar-refractivity contribution is -0.145. The van der Waals surface area contributed by atoms with Gasteiger partial charge >= 0.3 is 5.97 Å². The maximum absolute atomic E-state index is 11.6. The van der Waals surface area contributed by atoms with Crippen LogP contribution < -0.4 is 5.32 Å². The Morgan fingerprint density at radius 3 is 2.40 bits per heavy atom. The van der Waals surface area contributed by atoms with E-state index in [1.165, 1.54) is 32.1 Å². The second-order valence-corrected chi connectivity index (χ2v) is 6.34. The molecule has 1 saturated carbocycles. The number of hydrogen-bond donors (Lipinski definition) is 2. The molecular formula is C16H32N2O2. The Kier molecular flexibility index (Phi) is 6.96. The van der Waals surface area contributed by atoms with Crippen LogP contribution in [0.2, 0.25) is 0 Å². The number of likely N-dealkylation sites (N-methyl/N-ethyl adjacent to an activating group) is 1. The van der Waals surface area contributed by atoms with Gasteiger partial charge in [-0.3, -0.25) is 9.69 Å². The smallest absolute Gasteiger partial charge is 0.323 e. The fourth-order valence-corrected chi connectivity index (χ4v) is 3.68. The Morgan fingerprint density at radius 2 is 1.95 bits per heavy atom. The number of hydrogen-bond acceptors (Lipinski definition) is 3. The van der Waals surface area contributed by atoms with E-state index in [0.717, 1.165) is 6.54 Å². The van der Waals surface area contributed by atoms with Gasteiger partial charge in [-0.1, -0.05) is 33.1 Å². The predicted octanol–water partition coefficient (Wildman–Crippen LogP) is 2.87. The molecule has 0 aromatic heterocycles. The van der Waals surface area contributed by atoms with Crippen molar-refractivity contribution in [3.63, 3.8) is 0 Å². The molecule has 2 N–H and O–H groups in total. The third-order valence-corrected chi connectivity index (χ3v) is 4.72. The average Bonchev–Trinajstić information content (AvgIpc) is 2.40. The van der Waals surface area contributed by atoms with E-state index in [4.69, 9.17) is 0 Å². The van der Waals surface area contributed by atoms with E-state index in [0.29, 0.717) is 25.0 Å². The van der Waals surface area contributed by atoms with Crippen molar-refractivity contribution in [2.75, 3.05) is 13.1 Å². The lowest BCUT2D eigenvalue weighted by atomic mass is 9.89. The van der Waals surface area contributed by atoms with Crippen molar-refractivity contribution in [3.8, 4) is 0 Å². The number of nitrogens with zero attached hydrogens (tertiary/aromatic N) is 1. The van der Waals surface area contributed by atoms with Crippen molar-refractivity contribution >= 4 is 5.97 Å². The summed E-state index contributed by atoms with van der Waals surface area (Å²) in [5.74, 6) is -0.745. The lowest BCUT2D eigenvalue weighted by Gasteiger charge is -2.40. The largest absolute Gasteiger partial charge is 0.480 e. The molecule has 4 nitrogen and oxygen atoms in total. The summed E-state index contributed by atoms with van der Waals surface area (Å²) in [6.45, 7) is 9.83. The molecule has 0 aromatic rings. The predicted molar refractivity (Wildman–Crippen MR) is 83.0 cm³/mol. The van der Waals surface area contributed by atoms with Gasteiger partial charge in [-0.05, 0) is 46.2 Å². The number of carbonyl (C=O) groups is 1. The van der Waals surface area contributed by atoms with Gasteiger partial charge in [-0.2, -0.15) is 0 Å². The van der Waals surface area contributed by atoms with Crippen LogP contribution in [0.1, 0.15) is 66.2 Å².